The van der Waals surface area contributed by atoms with Gasteiger partial charge in [0.2, 0.25) is 5.91 Å². The van der Waals surface area contributed by atoms with Crippen molar-refractivity contribution in [3.05, 3.63) is 30.1 Å². The molecule has 3 rings (SSSR count). The Morgan fingerprint density at radius 3 is 1.97 bits per heavy atom. The van der Waals surface area contributed by atoms with Gasteiger partial charge >= 0.3 is 24.3 Å². The molecule has 216 valence electrons. The van der Waals surface area contributed by atoms with E-state index in [0.29, 0.717) is 12.0 Å². The number of carbonyl (C=O) groups excluding carboxylic acids is 1. The van der Waals surface area contributed by atoms with Gasteiger partial charge in [-0.25, -0.2) is 9.59 Å². The number of nitrogens with zero attached hydrogens (tertiary/aromatic N) is 3. The lowest BCUT2D eigenvalue weighted by molar-refractivity contribution is -0.193. The fraction of sp³-hybridized carbons (Fsp3) is 0.652. The van der Waals surface area contributed by atoms with Gasteiger partial charge in [0, 0.05) is 44.2 Å². The molecule has 0 radical (unpaired) electrons. The Morgan fingerprint density at radius 2 is 1.50 bits per heavy atom. The van der Waals surface area contributed by atoms with Crippen LogP contribution in [0, 0.1) is 0 Å². The minimum absolute atomic E-state index is 0.215. The molecule has 3 heterocycles. The molecular weight excluding hydrogens is 528 g/mol. The highest BCUT2D eigenvalue weighted by Gasteiger charge is 2.42. The lowest BCUT2D eigenvalue weighted by Crippen LogP contribution is -2.46. The van der Waals surface area contributed by atoms with Crippen LogP contribution in [0.1, 0.15) is 37.8 Å². The number of rotatable bonds is 5. The Kier molecular flexibility index (Phi) is 12.9. The number of aliphatic carboxylic acids is 2. The smallest absolute Gasteiger partial charge is 0.475 e. The largest absolute Gasteiger partial charge is 0.490 e. The molecule has 0 saturated carbocycles. The normalized spacial score (nSPS) is 20.0. The molecule has 1 aromatic heterocycles. The zero-order valence-corrected chi connectivity index (χ0v) is 20.7. The van der Waals surface area contributed by atoms with Gasteiger partial charge in [-0.1, -0.05) is 6.07 Å². The third-order valence-corrected chi connectivity index (χ3v) is 6.12. The van der Waals surface area contributed by atoms with Gasteiger partial charge in [0.05, 0.1) is 13.0 Å². The SMILES string of the molecule is COCCN1CCCC12CCCN(C(=O)Cc1ccccn1)CC2.O=C(O)C(F)(F)F.O=C(O)C(F)(F)F. The van der Waals surface area contributed by atoms with Gasteiger partial charge < -0.3 is 19.8 Å². The lowest BCUT2D eigenvalue weighted by atomic mass is 9.88. The van der Waals surface area contributed by atoms with Gasteiger partial charge in [0.15, 0.2) is 0 Å². The number of amides is 1. The number of carboxylic acids is 2. The fourth-order valence-corrected chi connectivity index (χ4v) is 4.31. The second-order valence-electron chi connectivity index (χ2n) is 8.65. The van der Waals surface area contributed by atoms with Gasteiger partial charge in [0.25, 0.3) is 0 Å². The van der Waals surface area contributed by atoms with E-state index in [2.05, 4.69) is 14.8 Å². The zero-order chi connectivity index (χ0) is 29.0. The number of ether oxygens (including phenoxy) is 1. The van der Waals surface area contributed by atoms with Gasteiger partial charge in [-0.15, -0.1) is 0 Å². The Labute approximate surface area is 215 Å². The highest BCUT2D eigenvalue weighted by molar-refractivity contribution is 5.78. The van der Waals surface area contributed by atoms with E-state index < -0.39 is 24.3 Å². The summed E-state index contributed by atoms with van der Waals surface area (Å²) < 4.78 is 68.8. The molecule has 2 fully saturated rings. The van der Waals surface area contributed by atoms with Crippen LogP contribution in [0.25, 0.3) is 0 Å². The number of hydrogen-bond acceptors (Lipinski definition) is 6. The number of alkyl halides is 6. The van der Waals surface area contributed by atoms with Crippen molar-refractivity contribution in [2.45, 2.75) is 56.4 Å². The van der Waals surface area contributed by atoms with Crippen LogP contribution in [0.2, 0.25) is 0 Å². The van der Waals surface area contributed by atoms with Crippen molar-refractivity contribution in [1.82, 2.24) is 14.8 Å². The summed E-state index contributed by atoms with van der Waals surface area (Å²) in [6.45, 7) is 4.73. The van der Waals surface area contributed by atoms with E-state index >= 15 is 0 Å². The molecule has 9 nitrogen and oxygen atoms in total. The van der Waals surface area contributed by atoms with Crippen LogP contribution in [0.15, 0.2) is 24.4 Å². The van der Waals surface area contributed by atoms with Gasteiger partial charge in [-0.05, 0) is 50.8 Å². The molecule has 38 heavy (non-hydrogen) atoms. The predicted molar refractivity (Wildman–Crippen MR) is 121 cm³/mol. The van der Waals surface area contributed by atoms with Gasteiger partial charge in [-0.2, -0.15) is 26.3 Å². The third kappa shape index (κ3) is 11.2. The number of carbonyl (C=O) groups is 3. The molecule has 1 aromatic rings. The quantitative estimate of drug-likeness (QED) is 0.527. The number of carboxylic acid groups (broad SMARTS) is 2. The van der Waals surface area contributed by atoms with Crippen LogP contribution in [0.4, 0.5) is 26.3 Å². The predicted octanol–water partition coefficient (Wildman–Crippen LogP) is 3.38. The molecule has 0 aliphatic carbocycles. The highest BCUT2D eigenvalue weighted by Crippen LogP contribution is 2.38. The summed E-state index contributed by atoms with van der Waals surface area (Å²) in [6.07, 6.45) is -2.08. The molecule has 2 saturated heterocycles. The number of halogens is 6. The van der Waals surface area contributed by atoms with Crippen molar-refractivity contribution in [2.24, 2.45) is 0 Å². The molecule has 2 N–H and O–H groups in total. The topological polar surface area (TPSA) is 120 Å². The Hall–Kier alpha value is -2.94. The molecule has 1 unspecified atom stereocenters. The van der Waals surface area contributed by atoms with E-state index in [4.69, 9.17) is 24.5 Å². The monoisotopic (exact) mass is 559 g/mol. The summed E-state index contributed by atoms with van der Waals surface area (Å²) in [4.78, 5) is 39.4. The molecular formula is C23H31F6N3O6. The van der Waals surface area contributed by atoms with E-state index in [-0.39, 0.29) is 5.91 Å². The van der Waals surface area contributed by atoms with Crippen LogP contribution in [-0.2, 0) is 25.5 Å². The minimum atomic E-state index is -5.08. The van der Waals surface area contributed by atoms with Crippen molar-refractivity contribution in [2.75, 3.05) is 39.9 Å². The molecule has 15 heteroatoms. The van der Waals surface area contributed by atoms with Crippen LogP contribution >= 0.6 is 0 Å². The first-order chi connectivity index (χ1) is 17.6. The minimum Gasteiger partial charge on any atom is -0.475 e. The van der Waals surface area contributed by atoms with Gasteiger partial charge in [-0.3, -0.25) is 14.7 Å². The second-order valence-corrected chi connectivity index (χ2v) is 8.65. The van der Waals surface area contributed by atoms with Crippen LogP contribution < -0.4 is 0 Å². The number of pyridine rings is 1. The average Bonchev–Trinajstić information content (AvgIpc) is 3.08. The van der Waals surface area contributed by atoms with Crippen molar-refractivity contribution >= 4 is 17.8 Å². The molecule has 2 aliphatic heterocycles. The second kappa shape index (κ2) is 14.9. The number of hydrogen-bond donors (Lipinski definition) is 2. The van der Waals surface area contributed by atoms with Crippen LogP contribution in [0.5, 0.6) is 0 Å². The lowest BCUT2D eigenvalue weighted by Gasteiger charge is -2.38. The summed E-state index contributed by atoms with van der Waals surface area (Å²) in [5.74, 6) is -5.30. The third-order valence-electron chi connectivity index (χ3n) is 6.12. The number of aromatic nitrogens is 1. The Morgan fingerprint density at radius 1 is 0.947 bits per heavy atom. The van der Waals surface area contributed by atoms with E-state index in [9.17, 15) is 31.1 Å². The van der Waals surface area contributed by atoms with Crippen LogP contribution in [-0.4, -0.2) is 101 Å². The van der Waals surface area contributed by atoms with Crippen LogP contribution in [0.3, 0.4) is 0 Å². The van der Waals surface area contributed by atoms with Gasteiger partial charge in [0.1, 0.15) is 0 Å². The van der Waals surface area contributed by atoms with E-state index in [1.165, 1.54) is 25.8 Å². The summed E-state index contributed by atoms with van der Waals surface area (Å²) >= 11 is 0. The first-order valence-corrected chi connectivity index (χ1v) is 11.6. The van der Waals surface area contributed by atoms with E-state index in [1.54, 1.807) is 13.3 Å². The summed E-state index contributed by atoms with van der Waals surface area (Å²) in [6, 6.07) is 5.76. The molecule has 2 aliphatic rings. The summed E-state index contributed by atoms with van der Waals surface area (Å²) in [5, 5.41) is 14.2. The first-order valence-electron chi connectivity index (χ1n) is 11.6. The number of likely N-dealkylation sites (tertiary alicyclic amines) is 2. The molecule has 0 bridgehead atoms. The average molecular weight is 560 g/mol. The maximum atomic E-state index is 12.6. The maximum absolute atomic E-state index is 12.6. The van der Waals surface area contributed by atoms with Crippen molar-refractivity contribution in [3.63, 3.8) is 0 Å². The van der Waals surface area contributed by atoms with E-state index in [0.717, 1.165) is 44.8 Å². The van der Waals surface area contributed by atoms with Crippen molar-refractivity contribution < 1.29 is 55.7 Å². The molecule has 1 atom stereocenters. The van der Waals surface area contributed by atoms with Crippen molar-refractivity contribution in [1.29, 1.82) is 0 Å². The Balaban J connectivity index is 0.000000426. The summed E-state index contributed by atoms with van der Waals surface area (Å²) in [5.41, 5.74) is 1.16. The number of methoxy groups -OCH3 is 1. The first kappa shape index (κ1) is 33.1. The fourth-order valence-electron chi connectivity index (χ4n) is 4.31. The maximum Gasteiger partial charge on any atom is 0.490 e. The standard InChI is InChI=1S/C19H29N3O2.2C2HF3O2/c1-24-15-14-22-12-5-8-19(22)7-4-11-21(13-9-19)18(23)16-17-6-2-3-10-20-17;2*3-2(4,5)1(6)7/h2-3,6,10H,4-5,7-9,11-16H2,1H3;2*(H,6,7). The Bertz CT molecular complexity index is 876. The van der Waals surface area contributed by atoms with Crippen molar-refractivity contribution in [3.8, 4) is 0 Å². The summed E-state index contributed by atoms with van der Waals surface area (Å²) in [7, 11) is 1.77. The van der Waals surface area contributed by atoms with E-state index in [1.807, 2.05) is 18.2 Å². The molecule has 0 aromatic carbocycles. The highest BCUT2D eigenvalue weighted by atomic mass is 19.4. The molecule has 1 amide bonds. The molecule has 1 spiro atoms. The zero-order valence-electron chi connectivity index (χ0n) is 20.7.